The summed E-state index contributed by atoms with van der Waals surface area (Å²) in [6, 6.07) is -0.0256. The molecule has 3 amide bonds. The molecule has 7 heteroatoms. The first kappa shape index (κ1) is 16.7. The predicted octanol–water partition coefficient (Wildman–Crippen LogP) is 0.718. The lowest BCUT2D eigenvalue weighted by atomic mass is 9.96. The molecule has 24 heavy (non-hydrogen) atoms. The molecule has 0 unspecified atom stereocenters. The Balaban J connectivity index is 1.79. The zero-order valence-corrected chi connectivity index (χ0v) is 14.2. The van der Waals surface area contributed by atoms with E-state index in [9.17, 15) is 14.7 Å². The van der Waals surface area contributed by atoms with Gasteiger partial charge in [0, 0.05) is 52.7 Å². The van der Waals surface area contributed by atoms with Gasteiger partial charge in [-0.25, -0.2) is 4.79 Å². The smallest absolute Gasteiger partial charge is 0.319 e. The summed E-state index contributed by atoms with van der Waals surface area (Å²) in [5.41, 5.74) is 2.59. The minimum Gasteiger partial charge on any atom is -0.393 e. The first-order chi connectivity index (χ1) is 11.5. The van der Waals surface area contributed by atoms with Crippen molar-refractivity contribution in [1.29, 1.82) is 0 Å². The molecule has 1 fully saturated rings. The zero-order valence-electron chi connectivity index (χ0n) is 14.2. The minimum absolute atomic E-state index is 0.0152. The molecule has 2 aliphatic heterocycles. The number of fused-ring (bicyclic) bond motifs is 1. The van der Waals surface area contributed by atoms with E-state index in [1.165, 1.54) is 0 Å². The maximum absolute atomic E-state index is 12.8. The fourth-order valence-electron chi connectivity index (χ4n) is 3.36. The molecule has 1 aromatic rings. The van der Waals surface area contributed by atoms with Gasteiger partial charge in [-0.3, -0.25) is 9.78 Å². The lowest BCUT2D eigenvalue weighted by molar-refractivity contribution is 0.0544. The monoisotopic (exact) mass is 332 g/mol. The van der Waals surface area contributed by atoms with E-state index in [0.717, 1.165) is 11.1 Å². The Morgan fingerprint density at radius 3 is 2.54 bits per heavy atom. The van der Waals surface area contributed by atoms with E-state index < -0.39 is 0 Å². The van der Waals surface area contributed by atoms with E-state index in [1.54, 1.807) is 41.2 Å². The van der Waals surface area contributed by atoms with Crippen LogP contribution in [0.1, 0.15) is 34.3 Å². The minimum atomic E-state index is -0.303. The van der Waals surface area contributed by atoms with Gasteiger partial charge in [0.2, 0.25) is 0 Å². The molecule has 3 rings (SSSR count). The second-order valence-corrected chi connectivity index (χ2v) is 6.70. The van der Waals surface area contributed by atoms with Crippen LogP contribution in [0.4, 0.5) is 4.79 Å². The number of urea groups is 1. The number of aliphatic hydroxyl groups is 1. The van der Waals surface area contributed by atoms with Gasteiger partial charge in [0.05, 0.1) is 11.7 Å². The Labute approximate surface area is 141 Å². The van der Waals surface area contributed by atoms with Gasteiger partial charge in [-0.2, -0.15) is 0 Å². The van der Waals surface area contributed by atoms with Crippen LogP contribution in [0, 0.1) is 0 Å². The van der Waals surface area contributed by atoms with Gasteiger partial charge in [0.15, 0.2) is 0 Å². The van der Waals surface area contributed by atoms with Crippen LogP contribution in [-0.2, 0) is 13.0 Å². The maximum Gasteiger partial charge on any atom is 0.319 e. The number of hydrogen-bond donors (Lipinski definition) is 1. The van der Waals surface area contributed by atoms with Crippen molar-refractivity contribution < 1.29 is 14.7 Å². The van der Waals surface area contributed by atoms with Crippen LogP contribution in [0.2, 0.25) is 0 Å². The molecule has 2 aliphatic rings. The normalized spacial score (nSPS) is 18.3. The quantitative estimate of drug-likeness (QED) is 0.822. The highest BCUT2D eigenvalue weighted by molar-refractivity contribution is 5.96. The molecule has 0 spiro atoms. The summed E-state index contributed by atoms with van der Waals surface area (Å²) in [6.45, 7) is 2.25. The van der Waals surface area contributed by atoms with Crippen molar-refractivity contribution in [2.45, 2.75) is 31.9 Å². The van der Waals surface area contributed by atoms with Gasteiger partial charge < -0.3 is 19.8 Å². The number of rotatable bonds is 1. The zero-order chi connectivity index (χ0) is 17.3. The van der Waals surface area contributed by atoms with Crippen molar-refractivity contribution in [1.82, 2.24) is 19.7 Å². The van der Waals surface area contributed by atoms with Crippen molar-refractivity contribution in [2.75, 3.05) is 33.7 Å². The summed E-state index contributed by atoms with van der Waals surface area (Å²) in [6.07, 6.45) is 4.99. The molecule has 0 radical (unpaired) electrons. The Morgan fingerprint density at radius 2 is 1.88 bits per heavy atom. The molecular weight excluding hydrogens is 308 g/mol. The van der Waals surface area contributed by atoms with Crippen molar-refractivity contribution >= 4 is 11.9 Å². The number of pyridine rings is 1. The molecule has 0 saturated carbocycles. The second-order valence-electron chi connectivity index (χ2n) is 6.70. The summed E-state index contributed by atoms with van der Waals surface area (Å²) in [5.74, 6) is -0.0152. The lowest BCUT2D eigenvalue weighted by Crippen LogP contribution is -2.43. The van der Waals surface area contributed by atoms with Crippen LogP contribution in [0.5, 0.6) is 0 Å². The van der Waals surface area contributed by atoms with E-state index in [0.29, 0.717) is 51.0 Å². The third-order valence-corrected chi connectivity index (χ3v) is 4.77. The number of piperidine rings is 1. The number of amides is 3. The van der Waals surface area contributed by atoms with Crippen LogP contribution in [0.25, 0.3) is 0 Å². The highest BCUT2D eigenvalue weighted by Crippen LogP contribution is 2.24. The number of aliphatic hydroxyl groups excluding tert-OH is 1. The molecule has 1 saturated heterocycles. The Bertz CT molecular complexity index is 639. The Kier molecular flexibility index (Phi) is 4.71. The van der Waals surface area contributed by atoms with Crippen molar-refractivity contribution in [2.24, 2.45) is 0 Å². The topological polar surface area (TPSA) is 77.0 Å². The summed E-state index contributed by atoms with van der Waals surface area (Å²) in [4.78, 5) is 34.3. The summed E-state index contributed by atoms with van der Waals surface area (Å²) < 4.78 is 0. The molecule has 1 aromatic heterocycles. The van der Waals surface area contributed by atoms with Crippen LogP contribution in [0.15, 0.2) is 12.4 Å². The van der Waals surface area contributed by atoms with Crippen LogP contribution < -0.4 is 0 Å². The molecule has 0 atom stereocenters. The van der Waals surface area contributed by atoms with E-state index in [2.05, 4.69) is 4.98 Å². The largest absolute Gasteiger partial charge is 0.393 e. The number of likely N-dealkylation sites (tertiary alicyclic amines) is 1. The van der Waals surface area contributed by atoms with Crippen LogP contribution in [0.3, 0.4) is 0 Å². The SMILES string of the molecule is CN(C)C(=O)N1CCc2c(cncc2C(=O)N2CCC(O)CC2)C1. The number of nitrogens with zero attached hydrogens (tertiary/aromatic N) is 4. The fourth-order valence-corrected chi connectivity index (χ4v) is 3.36. The van der Waals surface area contributed by atoms with Gasteiger partial charge in [0.25, 0.3) is 5.91 Å². The van der Waals surface area contributed by atoms with E-state index in [1.807, 2.05) is 0 Å². The number of hydrogen-bond acceptors (Lipinski definition) is 4. The molecule has 0 aromatic carbocycles. The lowest BCUT2D eigenvalue weighted by Gasteiger charge is -2.33. The van der Waals surface area contributed by atoms with Gasteiger partial charge in [-0.15, -0.1) is 0 Å². The number of carbonyl (C=O) groups is 2. The first-order valence-corrected chi connectivity index (χ1v) is 8.36. The van der Waals surface area contributed by atoms with E-state index in [4.69, 9.17) is 0 Å². The summed E-state index contributed by atoms with van der Waals surface area (Å²) >= 11 is 0. The molecular formula is C17H24N4O3. The fraction of sp³-hybridized carbons (Fsp3) is 0.588. The molecule has 0 bridgehead atoms. The van der Waals surface area contributed by atoms with Crippen LogP contribution in [-0.4, -0.2) is 76.6 Å². The Hall–Kier alpha value is -2.15. The number of carbonyl (C=O) groups excluding carboxylic acids is 2. The molecule has 3 heterocycles. The molecule has 7 nitrogen and oxygen atoms in total. The third kappa shape index (κ3) is 3.21. The summed E-state index contributed by atoms with van der Waals surface area (Å²) in [5, 5.41) is 9.61. The third-order valence-electron chi connectivity index (χ3n) is 4.77. The van der Waals surface area contributed by atoms with Crippen LogP contribution >= 0.6 is 0 Å². The van der Waals surface area contributed by atoms with Crippen molar-refractivity contribution in [3.63, 3.8) is 0 Å². The molecule has 0 aliphatic carbocycles. The predicted molar refractivity (Wildman–Crippen MR) is 88.6 cm³/mol. The van der Waals surface area contributed by atoms with Gasteiger partial charge in [-0.1, -0.05) is 0 Å². The molecule has 1 N–H and O–H groups in total. The second kappa shape index (κ2) is 6.76. The van der Waals surface area contributed by atoms with E-state index in [-0.39, 0.29) is 18.0 Å². The van der Waals surface area contributed by atoms with Crippen molar-refractivity contribution in [3.8, 4) is 0 Å². The first-order valence-electron chi connectivity index (χ1n) is 8.36. The average molecular weight is 332 g/mol. The van der Waals surface area contributed by atoms with Gasteiger partial charge in [-0.05, 0) is 30.4 Å². The highest BCUT2D eigenvalue weighted by Gasteiger charge is 2.28. The molecule has 130 valence electrons. The van der Waals surface area contributed by atoms with Gasteiger partial charge >= 0.3 is 6.03 Å². The van der Waals surface area contributed by atoms with Crippen molar-refractivity contribution in [3.05, 3.63) is 29.1 Å². The average Bonchev–Trinajstić information content (AvgIpc) is 2.60. The number of aromatic nitrogens is 1. The summed E-state index contributed by atoms with van der Waals surface area (Å²) in [7, 11) is 3.47. The highest BCUT2D eigenvalue weighted by atomic mass is 16.3. The maximum atomic E-state index is 12.8. The van der Waals surface area contributed by atoms with Gasteiger partial charge in [0.1, 0.15) is 0 Å². The standard InChI is InChI=1S/C17H24N4O3/c1-19(2)17(24)21-8-5-14-12(11-21)9-18-10-15(14)16(23)20-6-3-13(22)4-7-20/h9-10,13,22H,3-8,11H2,1-2H3. The Morgan fingerprint density at radius 1 is 1.17 bits per heavy atom. The van der Waals surface area contributed by atoms with E-state index >= 15 is 0 Å².